The zero-order valence-corrected chi connectivity index (χ0v) is 16.7. The van der Waals surface area contributed by atoms with Crippen molar-refractivity contribution < 1.29 is 27.8 Å². The number of fused-ring (bicyclic) bond motifs is 1. The lowest BCUT2D eigenvalue weighted by Gasteiger charge is -2.25. The Bertz CT molecular complexity index is 1090. The summed E-state index contributed by atoms with van der Waals surface area (Å²) in [5.41, 5.74) is 1.09. The van der Waals surface area contributed by atoms with E-state index in [9.17, 15) is 18.0 Å². The van der Waals surface area contributed by atoms with Gasteiger partial charge >= 0.3 is 12.1 Å². The number of ether oxygens (including phenoxy) is 1. The van der Waals surface area contributed by atoms with E-state index in [0.29, 0.717) is 5.92 Å². The first-order valence-corrected chi connectivity index (χ1v) is 9.92. The second-order valence-corrected chi connectivity index (χ2v) is 8.06. The average molecular weight is 468 g/mol. The Hall–Kier alpha value is -2.48. The van der Waals surface area contributed by atoms with Crippen molar-refractivity contribution in [1.29, 1.82) is 0 Å². The molecule has 1 aliphatic rings. The number of carboxylic acids is 1. The number of aliphatic carboxylic acids is 1. The fourth-order valence-corrected chi connectivity index (χ4v) is 4.19. The number of nitrogens with one attached hydrogen (secondary N) is 1. The van der Waals surface area contributed by atoms with Crippen molar-refractivity contribution in [2.75, 3.05) is 0 Å². The number of halogens is 4. The fourth-order valence-electron chi connectivity index (χ4n) is 3.60. The summed E-state index contributed by atoms with van der Waals surface area (Å²) in [6, 6.07) is 7.31. The van der Waals surface area contributed by atoms with Gasteiger partial charge in [0.2, 0.25) is 0 Å². The first-order chi connectivity index (χ1) is 13.7. The summed E-state index contributed by atoms with van der Waals surface area (Å²) < 4.78 is 46.6. The molecule has 152 valence electrons. The first kappa shape index (κ1) is 19.8. The van der Waals surface area contributed by atoms with Crippen molar-refractivity contribution in [2.45, 2.75) is 37.8 Å². The molecule has 0 bridgehead atoms. The Labute approximate surface area is 172 Å². The lowest BCUT2D eigenvalue weighted by molar-refractivity contribution is -0.139. The standard InChI is InChI=1S/C21H17BrF3NO3/c22-17-7-11(8-19(27)28)6-16(21(23,24)25)20(17)29-13-4-5-18-14(9-13)15(10-26-18)12-2-1-3-12/h4-7,9-10,12,26H,1-3,8H2,(H,27,28). The largest absolute Gasteiger partial charge is 0.481 e. The van der Waals surface area contributed by atoms with Gasteiger partial charge in [-0.2, -0.15) is 13.2 Å². The van der Waals surface area contributed by atoms with E-state index in [-0.39, 0.29) is 21.5 Å². The van der Waals surface area contributed by atoms with Crippen LogP contribution in [0.15, 0.2) is 41.0 Å². The van der Waals surface area contributed by atoms with Crippen LogP contribution in [0.25, 0.3) is 10.9 Å². The summed E-state index contributed by atoms with van der Waals surface area (Å²) in [5, 5.41) is 9.85. The number of alkyl halides is 3. The van der Waals surface area contributed by atoms with Crippen LogP contribution in [0.4, 0.5) is 13.2 Å². The van der Waals surface area contributed by atoms with Crippen molar-refractivity contribution in [3.05, 3.63) is 57.7 Å². The van der Waals surface area contributed by atoms with Crippen LogP contribution in [-0.4, -0.2) is 16.1 Å². The van der Waals surface area contributed by atoms with E-state index in [1.807, 2.05) is 6.20 Å². The Morgan fingerprint density at radius 1 is 1.24 bits per heavy atom. The molecule has 1 aromatic heterocycles. The second kappa shape index (κ2) is 7.40. The molecule has 4 rings (SSSR count). The van der Waals surface area contributed by atoms with Gasteiger partial charge in [0.05, 0.1) is 16.5 Å². The number of rotatable bonds is 5. The van der Waals surface area contributed by atoms with E-state index in [1.54, 1.807) is 18.2 Å². The minimum Gasteiger partial charge on any atom is -0.481 e. The molecule has 0 unspecified atom stereocenters. The summed E-state index contributed by atoms with van der Waals surface area (Å²) >= 11 is 3.11. The number of carbonyl (C=O) groups is 1. The fraction of sp³-hybridized carbons (Fsp3) is 0.286. The second-order valence-electron chi connectivity index (χ2n) is 7.20. The Kier molecular flexibility index (Phi) is 5.06. The van der Waals surface area contributed by atoms with Gasteiger partial charge in [0.15, 0.2) is 5.75 Å². The molecule has 3 aromatic rings. The van der Waals surface area contributed by atoms with Gasteiger partial charge in [0.25, 0.3) is 0 Å². The topological polar surface area (TPSA) is 62.3 Å². The van der Waals surface area contributed by atoms with Crippen LogP contribution in [-0.2, 0) is 17.4 Å². The van der Waals surface area contributed by atoms with Gasteiger partial charge in [0.1, 0.15) is 5.75 Å². The Morgan fingerprint density at radius 2 is 2.00 bits per heavy atom. The maximum atomic E-state index is 13.6. The molecule has 0 atom stereocenters. The van der Waals surface area contributed by atoms with E-state index in [4.69, 9.17) is 9.84 Å². The quantitative estimate of drug-likeness (QED) is 0.442. The molecule has 0 saturated heterocycles. The molecule has 4 nitrogen and oxygen atoms in total. The number of hydrogen-bond donors (Lipinski definition) is 2. The smallest absolute Gasteiger partial charge is 0.420 e. The van der Waals surface area contributed by atoms with Crippen LogP contribution in [0.5, 0.6) is 11.5 Å². The van der Waals surface area contributed by atoms with Gasteiger partial charge in [-0.1, -0.05) is 6.42 Å². The number of aromatic nitrogens is 1. The number of benzene rings is 2. The zero-order valence-electron chi connectivity index (χ0n) is 15.1. The molecule has 0 spiro atoms. The average Bonchev–Trinajstić information content (AvgIpc) is 2.97. The third-order valence-electron chi connectivity index (χ3n) is 5.21. The van der Waals surface area contributed by atoms with Crippen LogP contribution >= 0.6 is 15.9 Å². The minimum absolute atomic E-state index is 0.0393. The van der Waals surface area contributed by atoms with E-state index >= 15 is 0 Å². The molecule has 1 aliphatic carbocycles. The summed E-state index contributed by atoms with van der Waals surface area (Å²) in [7, 11) is 0. The molecule has 2 N–H and O–H groups in total. The van der Waals surface area contributed by atoms with Crippen LogP contribution < -0.4 is 4.74 Å². The molecular formula is C21H17BrF3NO3. The van der Waals surface area contributed by atoms with Crippen molar-refractivity contribution in [1.82, 2.24) is 4.98 Å². The maximum Gasteiger partial charge on any atom is 0.420 e. The van der Waals surface area contributed by atoms with Gasteiger partial charge in [-0.05, 0) is 76.1 Å². The van der Waals surface area contributed by atoms with Crippen molar-refractivity contribution in [3.63, 3.8) is 0 Å². The monoisotopic (exact) mass is 467 g/mol. The van der Waals surface area contributed by atoms with Crippen LogP contribution in [0.3, 0.4) is 0 Å². The van der Waals surface area contributed by atoms with Crippen LogP contribution in [0.1, 0.15) is 41.9 Å². The zero-order chi connectivity index (χ0) is 20.8. The lowest BCUT2D eigenvalue weighted by atomic mass is 9.80. The molecule has 2 aromatic carbocycles. The summed E-state index contributed by atoms with van der Waals surface area (Å²) in [6.07, 6.45) is 0.136. The number of H-pyrrole nitrogens is 1. The molecule has 8 heteroatoms. The minimum atomic E-state index is -4.69. The summed E-state index contributed by atoms with van der Waals surface area (Å²) in [6.45, 7) is 0. The van der Waals surface area contributed by atoms with Crippen LogP contribution in [0, 0.1) is 0 Å². The Morgan fingerprint density at radius 3 is 2.62 bits per heavy atom. The van der Waals surface area contributed by atoms with E-state index in [2.05, 4.69) is 20.9 Å². The molecule has 0 radical (unpaired) electrons. The van der Waals surface area contributed by atoms with Crippen molar-refractivity contribution in [2.24, 2.45) is 0 Å². The molecule has 1 heterocycles. The third kappa shape index (κ3) is 3.99. The van der Waals surface area contributed by atoms with Crippen LogP contribution in [0.2, 0.25) is 0 Å². The summed E-state index contributed by atoms with van der Waals surface area (Å²) in [4.78, 5) is 14.1. The number of aromatic amines is 1. The lowest BCUT2D eigenvalue weighted by Crippen LogP contribution is -2.10. The molecular weight excluding hydrogens is 451 g/mol. The maximum absolute atomic E-state index is 13.6. The predicted octanol–water partition coefficient (Wildman–Crippen LogP) is 6.64. The third-order valence-corrected chi connectivity index (χ3v) is 5.80. The van der Waals surface area contributed by atoms with Gasteiger partial charge < -0.3 is 14.8 Å². The molecule has 1 saturated carbocycles. The van der Waals surface area contributed by atoms with Gasteiger partial charge in [0, 0.05) is 17.1 Å². The van der Waals surface area contributed by atoms with Gasteiger partial charge in [-0.15, -0.1) is 0 Å². The molecule has 29 heavy (non-hydrogen) atoms. The molecule has 1 fully saturated rings. The number of hydrogen-bond acceptors (Lipinski definition) is 2. The first-order valence-electron chi connectivity index (χ1n) is 9.12. The van der Waals surface area contributed by atoms with Gasteiger partial charge in [-0.25, -0.2) is 0 Å². The highest BCUT2D eigenvalue weighted by atomic mass is 79.9. The normalized spacial score (nSPS) is 14.8. The van der Waals surface area contributed by atoms with Crippen molar-refractivity contribution >= 4 is 32.8 Å². The molecule has 0 aliphatic heterocycles. The van der Waals surface area contributed by atoms with E-state index < -0.39 is 24.1 Å². The predicted molar refractivity (Wildman–Crippen MR) is 105 cm³/mol. The highest BCUT2D eigenvalue weighted by Gasteiger charge is 2.36. The van der Waals surface area contributed by atoms with Crippen molar-refractivity contribution in [3.8, 4) is 11.5 Å². The molecule has 0 amide bonds. The highest BCUT2D eigenvalue weighted by molar-refractivity contribution is 9.10. The Balaban J connectivity index is 1.74. The van der Waals surface area contributed by atoms with E-state index in [1.165, 1.54) is 12.5 Å². The highest BCUT2D eigenvalue weighted by Crippen LogP contribution is 2.45. The number of carboxylic acid groups (broad SMARTS) is 1. The SMILES string of the molecule is O=C(O)Cc1cc(Br)c(Oc2ccc3[nH]cc(C4CCC4)c3c2)c(C(F)(F)F)c1. The van der Waals surface area contributed by atoms with Gasteiger partial charge in [-0.3, -0.25) is 4.79 Å². The van der Waals surface area contributed by atoms with E-state index in [0.717, 1.165) is 35.4 Å². The summed E-state index contributed by atoms with van der Waals surface area (Å²) in [5.74, 6) is -0.839.